The summed E-state index contributed by atoms with van der Waals surface area (Å²) >= 11 is 0. The van der Waals surface area contributed by atoms with Gasteiger partial charge in [-0.15, -0.1) is 13.2 Å². The number of nitrogens with zero attached hydrogens (tertiary/aromatic N) is 1. The number of amides is 2. The number of rotatable bonds is 7. The van der Waals surface area contributed by atoms with Gasteiger partial charge in [0.15, 0.2) is 0 Å². The fraction of sp³-hybridized carbons (Fsp3) is 0.136. The van der Waals surface area contributed by atoms with Gasteiger partial charge in [-0.1, -0.05) is 0 Å². The molecular formula is C22H15F6N3O5. The smallest absolute Gasteiger partial charge is 0.495 e. The van der Waals surface area contributed by atoms with Crippen LogP contribution in [0.5, 0.6) is 23.0 Å². The van der Waals surface area contributed by atoms with Crippen molar-refractivity contribution in [1.82, 2.24) is 4.98 Å². The van der Waals surface area contributed by atoms with Crippen LogP contribution in [0.3, 0.4) is 0 Å². The lowest BCUT2D eigenvalue weighted by molar-refractivity contribution is -0.274. The van der Waals surface area contributed by atoms with Crippen LogP contribution in [0.15, 0.2) is 54.7 Å². The number of carbonyl (C=O) groups excluding carboxylic acids is 2. The topological polar surface area (TPSA) is 113 Å². The van der Waals surface area contributed by atoms with Gasteiger partial charge in [0, 0.05) is 11.9 Å². The Labute approximate surface area is 198 Å². The van der Waals surface area contributed by atoms with Crippen molar-refractivity contribution in [1.29, 1.82) is 0 Å². The molecule has 36 heavy (non-hydrogen) atoms. The Morgan fingerprint density at radius 1 is 0.944 bits per heavy atom. The third kappa shape index (κ3) is 6.34. The van der Waals surface area contributed by atoms with E-state index < -0.39 is 52.7 Å². The molecule has 3 aromatic rings. The quantitative estimate of drug-likeness (QED) is 0.421. The van der Waals surface area contributed by atoms with E-state index in [-0.39, 0.29) is 17.1 Å². The highest BCUT2D eigenvalue weighted by Gasteiger charge is 2.38. The average molecular weight is 515 g/mol. The van der Waals surface area contributed by atoms with E-state index in [0.717, 1.165) is 49.7 Å². The van der Waals surface area contributed by atoms with Crippen molar-refractivity contribution in [2.45, 2.75) is 12.5 Å². The number of aromatic nitrogens is 1. The SMILES string of the molecule is COc1c(C(F)(F)F)ccc(Oc2ccc(OC(F)(F)F)cc2)c1C(=O)Nc1ccnc(C(N)=O)c1. The second kappa shape index (κ2) is 10.0. The number of nitrogens with one attached hydrogen (secondary N) is 1. The van der Waals surface area contributed by atoms with E-state index in [1.54, 1.807) is 0 Å². The molecule has 0 atom stereocenters. The predicted octanol–water partition coefficient (Wildman–Crippen LogP) is 5.15. The standard InChI is InChI=1S/C22H15F6N3O5/c1-34-18-14(21(23,24)25)6-7-16(35-12-2-4-13(5-3-12)36-22(26,27)28)17(18)20(33)31-11-8-9-30-15(10-11)19(29)32/h2-10H,1H3,(H2,29,32)(H,30,31,33). The van der Waals surface area contributed by atoms with E-state index in [2.05, 4.69) is 15.0 Å². The number of nitrogens with two attached hydrogens (primary N) is 1. The minimum Gasteiger partial charge on any atom is -0.495 e. The molecule has 3 N–H and O–H groups in total. The van der Waals surface area contributed by atoms with Crippen molar-refractivity contribution in [3.63, 3.8) is 0 Å². The molecule has 1 aromatic heterocycles. The molecule has 190 valence electrons. The third-order valence-corrected chi connectivity index (χ3v) is 4.41. The van der Waals surface area contributed by atoms with E-state index in [0.29, 0.717) is 6.07 Å². The maximum atomic E-state index is 13.6. The lowest BCUT2D eigenvalue weighted by Crippen LogP contribution is -2.19. The molecule has 3 rings (SSSR count). The van der Waals surface area contributed by atoms with Crippen molar-refractivity contribution in [2.75, 3.05) is 12.4 Å². The number of hydrogen-bond donors (Lipinski definition) is 2. The van der Waals surface area contributed by atoms with Crippen LogP contribution >= 0.6 is 0 Å². The highest BCUT2D eigenvalue weighted by atomic mass is 19.4. The zero-order valence-electron chi connectivity index (χ0n) is 18.0. The minimum atomic E-state index is -4.93. The van der Waals surface area contributed by atoms with Crippen molar-refractivity contribution in [3.05, 3.63) is 71.5 Å². The van der Waals surface area contributed by atoms with Crippen molar-refractivity contribution >= 4 is 17.5 Å². The molecule has 0 radical (unpaired) electrons. The number of ether oxygens (including phenoxy) is 3. The molecule has 0 saturated carbocycles. The monoisotopic (exact) mass is 515 g/mol. The summed E-state index contributed by atoms with van der Waals surface area (Å²) in [7, 11) is 0.909. The first kappa shape index (κ1) is 26.1. The van der Waals surface area contributed by atoms with E-state index in [1.807, 2.05) is 0 Å². The molecule has 0 saturated heterocycles. The molecule has 8 nitrogen and oxygen atoms in total. The summed E-state index contributed by atoms with van der Waals surface area (Å²) < 4.78 is 91.9. The fourth-order valence-corrected chi connectivity index (χ4v) is 2.97. The molecule has 2 amide bonds. The molecule has 0 fully saturated rings. The Kier molecular flexibility index (Phi) is 7.27. The van der Waals surface area contributed by atoms with Crippen LogP contribution in [0.2, 0.25) is 0 Å². The zero-order chi connectivity index (χ0) is 26.7. The second-order valence-electron chi connectivity index (χ2n) is 6.89. The number of methoxy groups -OCH3 is 1. The Hall–Kier alpha value is -4.49. The molecule has 0 spiro atoms. The summed E-state index contributed by atoms with van der Waals surface area (Å²) in [4.78, 5) is 28.1. The summed E-state index contributed by atoms with van der Waals surface area (Å²) in [5, 5.41) is 2.31. The number of hydrogen-bond acceptors (Lipinski definition) is 6. The zero-order valence-corrected chi connectivity index (χ0v) is 18.0. The number of carbonyl (C=O) groups is 2. The number of anilines is 1. The van der Waals surface area contributed by atoms with Crippen molar-refractivity contribution in [2.24, 2.45) is 5.73 Å². The van der Waals surface area contributed by atoms with Gasteiger partial charge in [0.2, 0.25) is 0 Å². The first-order valence-corrected chi connectivity index (χ1v) is 9.67. The van der Waals surface area contributed by atoms with Gasteiger partial charge in [0.05, 0.1) is 12.7 Å². The minimum absolute atomic E-state index is 0.0251. The number of alkyl halides is 6. The molecule has 2 aromatic carbocycles. The number of benzene rings is 2. The normalized spacial score (nSPS) is 11.5. The van der Waals surface area contributed by atoms with Gasteiger partial charge >= 0.3 is 12.5 Å². The molecule has 0 aliphatic rings. The Morgan fingerprint density at radius 3 is 2.14 bits per heavy atom. The fourth-order valence-electron chi connectivity index (χ4n) is 2.97. The van der Waals surface area contributed by atoms with Gasteiger partial charge in [0.25, 0.3) is 11.8 Å². The third-order valence-electron chi connectivity index (χ3n) is 4.41. The van der Waals surface area contributed by atoms with E-state index in [9.17, 15) is 35.9 Å². The van der Waals surface area contributed by atoms with Gasteiger partial charge in [-0.25, -0.2) is 0 Å². The largest absolute Gasteiger partial charge is 0.573 e. The van der Waals surface area contributed by atoms with Crippen LogP contribution in [0, 0.1) is 0 Å². The van der Waals surface area contributed by atoms with Crippen LogP contribution in [0.25, 0.3) is 0 Å². The maximum Gasteiger partial charge on any atom is 0.573 e. The lowest BCUT2D eigenvalue weighted by atomic mass is 10.1. The van der Waals surface area contributed by atoms with Crippen molar-refractivity contribution in [3.8, 4) is 23.0 Å². The van der Waals surface area contributed by atoms with Gasteiger partial charge < -0.3 is 25.3 Å². The Bertz CT molecular complexity index is 1280. The first-order chi connectivity index (χ1) is 16.8. The summed E-state index contributed by atoms with van der Waals surface area (Å²) in [5.74, 6) is -4.01. The van der Waals surface area contributed by atoms with E-state index in [4.69, 9.17) is 15.2 Å². The molecule has 14 heteroatoms. The van der Waals surface area contributed by atoms with Crippen molar-refractivity contribution < 1.29 is 50.1 Å². The highest BCUT2D eigenvalue weighted by molar-refractivity contribution is 6.09. The summed E-state index contributed by atoms with van der Waals surface area (Å²) in [6.07, 6.45) is -8.71. The molecule has 0 bridgehead atoms. The van der Waals surface area contributed by atoms with Crippen LogP contribution in [0.4, 0.5) is 32.0 Å². The van der Waals surface area contributed by atoms with Crippen LogP contribution in [-0.4, -0.2) is 30.3 Å². The number of primary amides is 1. The van der Waals surface area contributed by atoms with E-state index in [1.165, 1.54) is 6.07 Å². The van der Waals surface area contributed by atoms with Crippen LogP contribution in [-0.2, 0) is 6.18 Å². The highest BCUT2D eigenvalue weighted by Crippen LogP contribution is 2.43. The Morgan fingerprint density at radius 2 is 1.58 bits per heavy atom. The lowest BCUT2D eigenvalue weighted by Gasteiger charge is -2.19. The molecule has 0 aliphatic carbocycles. The van der Waals surface area contributed by atoms with Gasteiger partial charge in [-0.2, -0.15) is 13.2 Å². The number of halogens is 6. The molecular weight excluding hydrogens is 500 g/mol. The Balaban J connectivity index is 2.02. The summed E-state index contributed by atoms with van der Waals surface area (Å²) in [5.41, 5.74) is 2.93. The average Bonchev–Trinajstić information content (AvgIpc) is 2.78. The van der Waals surface area contributed by atoms with Gasteiger partial charge in [0.1, 0.15) is 34.3 Å². The van der Waals surface area contributed by atoms with Crippen LogP contribution < -0.4 is 25.3 Å². The van der Waals surface area contributed by atoms with Gasteiger partial charge in [-0.3, -0.25) is 14.6 Å². The van der Waals surface area contributed by atoms with E-state index >= 15 is 0 Å². The number of pyridine rings is 1. The maximum absolute atomic E-state index is 13.6. The molecule has 1 heterocycles. The molecule has 0 unspecified atom stereocenters. The van der Waals surface area contributed by atoms with Gasteiger partial charge in [-0.05, 0) is 48.5 Å². The first-order valence-electron chi connectivity index (χ1n) is 9.67. The predicted molar refractivity (Wildman–Crippen MR) is 112 cm³/mol. The molecule has 0 aliphatic heterocycles. The second-order valence-corrected chi connectivity index (χ2v) is 6.89. The van der Waals surface area contributed by atoms with Crippen LogP contribution in [0.1, 0.15) is 26.4 Å². The summed E-state index contributed by atoms with van der Waals surface area (Å²) in [6.45, 7) is 0. The summed E-state index contributed by atoms with van der Waals surface area (Å²) in [6, 6.07) is 7.73.